The third kappa shape index (κ3) is 6.51. The molecule has 0 aliphatic rings. The van der Waals surface area contributed by atoms with E-state index in [0.717, 1.165) is 10.0 Å². The van der Waals surface area contributed by atoms with Crippen LogP contribution in [-0.2, 0) is 9.59 Å². The molecule has 0 unspecified atom stereocenters. The summed E-state index contributed by atoms with van der Waals surface area (Å²) in [7, 11) is 0. The first kappa shape index (κ1) is 20.5. The molecule has 2 aromatic carbocycles. The van der Waals surface area contributed by atoms with Crippen LogP contribution in [0.4, 0.5) is 0 Å². The molecule has 2 aromatic rings. The van der Waals surface area contributed by atoms with Crippen LogP contribution in [0, 0.1) is 6.92 Å². The number of aryl methyl sites for hydroxylation is 1. The topological polar surface area (TPSA) is 76.7 Å². The summed E-state index contributed by atoms with van der Waals surface area (Å²) in [5.74, 6) is 0.0453. The molecule has 0 saturated carbocycles. The number of carbonyl (C=O) groups is 2. The lowest BCUT2D eigenvalue weighted by Crippen LogP contribution is -2.45. The molecule has 0 heterocycles. The summed E-state index contributed by atoms with van der Waals surface area (Å²) >= 11 is 12.5. The van der Waals surface area contributed by atoms with Crippen LogP contribution in [0.25, 0.3) is 0 Å². The van der Waals surface area contributed by atoms with Gasteiger partial charge in [0.05, 0.1) is 4.47 Å². The Hall–Kier alpha value is -1.77. The number of rotatable bonds is 6. The fourth-order valence-corrected chi connectivity index (χ4v) is 3.25. The van der Waals surface area contributed by atoms with Crippen molar-refractivity contribution in [1.29, 1.82) is 0 Å². The molecule has 0 spiro atoms. The minimum atomic E-state index is -0.504. The number of halogens is 3. The van der Waals surface area contributed by atoms with Crippen molar-refractivity contribution in [2.45, 2.75) is 6.92 Å². The Morgan fingerprint density at radius 2 is 1.54 bits per heavy atom. The fourth-order valence-electron chi connectivity index (χ4n) is 1.87. The first-order valence-corrected chi connectivity index (χ1v) is 9.36. The van der Waals surface area contributed by atoms with Crippen molar-refractivity contribution in [3.63, 3.8) is 0 Å². The van der Waals surface area contributed by atoms with Gasteiger partial charge in [0, 0.05) is 9.50 Å². The SMILES string of the molecule is Cc1cc(Cl)ccc1OCC(=O)NNC(=O)COc1ccc(Br)cc1Br. The summed E-state index contributed by atoms with van der Waals surface area (Å²) < 4.78 is 12.3. The summed E-state index contributed by atoms with van der Waals surface area (Å²) in [5.41, 5.74) is 5.32. The van der Waals surface area contributed by atoms with E-state index < -0.39 is 11.8 Å². The van der Waals surface area contributed by atoms with Gasteiger partial charge in [-0.2, -0.15) is 0 Å². The van der Waals surface area contributed by atoms with Crippen LogP contribution in [0.2, 0.25) is 5.02 Å². The lowest BCUT2D eigenvalue weighted by Gasteiger charge is -2.11. The van der Waals surface area contributed by atoms with Gasteiger partial charge in [-0.1, -0.05) is 27.5 Å². The van der Waals surface area contributed by atoms with Crippen LogP contribution >= 0.6 is 43.5 Å². The maximum Gasteiger partial charge on any atom is 0.276 e. The van der Waals surface area contributed by atoms with Gasteiger partial charge in [0.2, 0.25) is 0 Å². The van der Waals surface area contributed by atoms with Crippen LogP contribution < -0.4 is 20.3 Å². The lowest BCUT2D eigenvalue weighted by molar-refractivity contribution is -0.131. The number of benzene rings is 2. The van der Waals surface area contributed by atoms with E-state index in [1.807, 2.05) is 6.92 Å². The monoisotopic (exact) mass is 504 g/mol. The van der Waals surface area contributed by atoms with Gasteiger partial charge in [0.25, 0.3) is 11.8 Å². The quantitative estimate of drug-likeness (QED) is 0.585. The molecule has 6 nitrogen and oxygen atoms in total. The van der Waals surface area contributed by atoms with E-state index in [0.29, 0.717) is 21.0 Å². The van der Waals surface area contributed by atoms with Crippen LogP contribution in [0.3, 0.4) is 0 Å². The highest BCUT2D eigenvalue weighted by atomic mass is 79.9. The zero-order valence-corrected chi connectivity index (χ0v) is 17.6. The summed E-state index contributed by atoms with van der Waals surface area (Å²) in [6.07, 6.45) is 0. The van der Waals surface area contributed by atoms with Crippen LogP contribution in [-0.4, -0.2) is 25.0 Å². The summed E-state index contributed by atoms with van der Waals surface area (Å²) in [5, 5.41) is 0.587. The molecule has 2 amide bonds. The van der Waals surface area contributed by atoms with Gasteiger partial charge in [-0.15, -0.1) is 0 Å². The molecule has 0 saturated heterocycles. The Morgan fingerprint density at radius 3 is 2.12 bits per heavy atom. The number of nitrogens with one attached hydrogen (secondary N) is 2. The molecular formula is C17H15Br2ClN2O4. The fraction of sp³-hybridized carbons (Fsp3) is 0.176. The lowest BCUT2D eigenvalue weighted by atomic mass is 10.2. The number of ether oxygens (including phenoxy) is 2. The van der Waals surface area contributed by atoms with Gasteiger partial charge < -0.3 is 9.47 Å². The second-order valence-corrected chi connectivity index (χ2v) is 7.36. The maximum atomic E-state index is 11.7. The zero-order valence-electron chi connectivity index (χ0n) is 13.6. The number of carbonyl (C=O) groups excluding carboxylic acids is 2. The second kappa shape index (κ2) is 9.80. The number of hydrogen-bond acceptors (Lipinski definition) is 4. The minimum Gasteiger partial charge on any atom is -0.483 e. The zero-order chi connectivity index (χ0) is 19.1. The molecule has 0 fully saturated rings. The smallest absolute Gasteiger partial charge is 0.276 e. The van der Waals surface area contributed by atoms with E-state index in [1.54, 1.807) is 36.4 Å². The van der Waals surface area contributed by atoms with Crippen molar-refractivity contribution in [1.82, 2.24) is 10.9 Å². The van der Waals surface area contributed by atoms with Gasteiger partial charge in [-0.25, -0.2) is 0 Å². The van der Waals surface area contributed by atoms with Gasteiger partial charge >= 0.3 is 0 Å². The number of hydrazine groups is 1. The average Bonchev–Trinajstić information content (AvgIpc) is 2.58. The number of amides is 2. The van der Waals surface area contributed by atoms with Gasteiger partial charge in [-0.3, -0.25) is 20.4 Å². The summed E-state index contributed by atoms with van der Waals surface area (Å²) in [4.78, 5) is 23.5. The van der Waals surface area contributed by atoms with E-state index >= 15 is 0 Å². The predicted octanol–water partition coefficient (Wildman–Crippen LogP) is 3.78. The molecule has 26 heavy (non-hydrogen) atoms. The van der Waals surface area contributed by atoms with Crippen LogP contribution in [0.5, 0.6) is 11.5 Å². The molecule has 0 aliphatic heterocycles. The molecule has 2 rings (SSSR count). The maximum absolute atomic E-state index is 11.7. The summed E-state index contributed by atoms with van der Waals surface area (Å²) in [6.45, 7) is 1.32. The Bertz CT molecular complexity index is 750. The van der Waals surface area contributed by atoms with E-state index in [1.165, 1.54) is 0 Å². The summed E-state index contributed by atoms with van der Waals surface area (Å²) in [6, 6.07) is 10.4. The van der Waals surface area contributed by atoms with E-state index in [2.05, 4.69) is 42.7 Å². The van der Waals surface area contributed by atoms with E-state index in [4.69, 9.17) is 21.1 Å². The Labute approximate surface area is 172 Å². The standard InChI is InChI=1S/C17H15Br2ClN2O4/c1-10-6-12(20)3-5-14(10)25-8-16(23)21-22-17(24)9-26-15-4-2-11(18)7-13(15)19/h2-7H,8-9H2,1H3,(H,21,23)(H,22,24). The first-order valence-electron chi connectivity index (χ1n) is 7.39. The predicted molar refractivity (Wildman–Crippen MR) is 105 cm³/mol. The highest BCUT2D eigenvalue weighted by molar-refractivity contribution is 9.11. The molecular weight excluding hydrogens is 491 g/mol. The molecule has 138 valence electrons. The van der Waals surface area contributed by atoms with Crippen molar-refractivity contribution < 1.29 is 19.1 Å². The van der Waals surface area contributed by atoms with Crippen molar-refractivity contribution in [2.75, 3.05) is 13.2 Å². The average molecular weight is 507 g/mol. The third-order valence-corrected chi connectivity index (χ3v) is 4.44. The highest BCUT2D eigenvalue weighted by Gasteiger charge is 2.09. The van der Waals surface area contributed by atoms with Crippen molar-refractivity contribution in [2.24, 2.45) is 0 Å². The second-order valence-electron chi connectivity index (χ2n) is 5.16. The number of hydrogen-bond donors (Lipinski definition) is 2. The molecule has 0 radical (unpaired) electrons. The highest BCUT2D eigenvalue weighted by Crippen LogP contribution is 2.28. The minimum absolute atomic E-state index is 0.248. The third-order valence-electron chi connectivity index (χ3n) is 3.09. The molecule has 2 N–H and O–H groups in total. The van der Waals surface area contributed by atoms with Gasteiger partial charge in [0.1, 0.15) is 11.5 Å². The van der Waals surface area contributed by atoms with Crippen molar-refractivity contribution in [3.05, 3.63) is 55.9 Å². The Balaban J connectivity index is 1.72. The van der Waals surface area contributed by atoms with Gasteiger partial charge in [-0.05, 0) is 64.8 Å². The molecule has 0 aliphatic carbocycles. The normalized spacial score (nSPS) is 10.2. The van der Waals surface area contributed by atoms with Crippen LogP contribution in [0.1, 0.15) is 5.56 Å². The van der Waals surface area contributed by atoms with E-state index in [9.17, 15) is 9.59 Å². The van der Waals surface area contributed by atoms with Crippen LogP contribution in [0.15, 0.2) is 45.3 Å². The molecule has 0 aromatic heterocycles. The molecule has 0 atom stereocenters. The molecule has 9 heteroatoms. The van der Waals surface area contributed by atoms with E-state index in [-0.39, 0.29) is 13.2 Å². The Morgan fingerprint density at radius 1 is 0.962 bits per heavy atom. The molecule has 0 bridgehead atoms. The Kier molecular flexibility index (Phi) is 7.74. The van der Waals surface area contributed by atoms with Gasteiger partial charge in [0.15, 0.2) is 13.2 Å². The first-order chi connectivity index (χ1) is 12.3. The van der Waals surface area contributed by atoms with Crippen molar-refractivity contribution in [3.8, 4) is 11.5 Å². The van der Waals surface area contributed by atoms with Crippen molar-refractivity contribution >= 4 is 55.3 Å². The largest absolute Gasteiger partial charge is 0.483 e.